The SMILES string of the molecule is CCC(C)CSCC(CO)NC(C)C. The smallest absolute Gasteiger partial charge is 0.0592 e. The van der Waals surface area contributed by atoms with Gasteiger partial charge in [0, 0.05) is 17.8 Å². The third-order valence-corrected chi connectivity index (χ3v) is 3.65. The Morgan fingerprint density at radius 1 is 1.21 bits per heavy atom. The molecule has 3 heteroatoms. The fraction of sp³-hybridized carbons (Fsp3) is 1.00. The summed E-state index contributed by atoms with van der Waals surface area (Å²) in [6.07, 6.45) is 1.24. The fourth-order valence-corrected chi connectivity index (χ4v) is 2.41. The average Bonchev–Trinajstić information content (AvgIpc) is 2.15. The van der Waals surface area contributed by atoms with Gasteiger partial charge in [0.2, 0.25) is 0 Å². The Balaban J connectivity index is 3.52. The monoisotopic (exact) mass is 219 g/mol. The molecule has 14 heavy (non-hydrogen) atoms. The zero-order valence-electron chi connectivity index (χ0n) is 9.92. The van der Waals surface area contributed by atoms with E-state index in [0.29, 0.717) is 6.04 Å². The van der Waals surface area contributed by atoms with Crippen molar-refractivity contribution in [2.24, 2.45) is 5.92 Å². The number of rotatable bonds is 8. The maximum atomic E-state index is 9.12. The quantitative estimate of drug-likeness (QED) is 0.656. The molecule has 2 nitrogen and oxygen atoms in total. The van der Waals surface area contributed by atoms with Crippen molar-refractivity contribution in [3.8, 4) is 0 Å². The van der Waals surface area contributed by atoms with Crippen LogP contribution in [0.4, 0.5) is 0 Å². The van der Waals surface area contributed by atoms with Gasteiger partial charge in [-0.15, -0.1) is 0 Å². The Morgan fingerprint density at radius 2 is 1.86 bits per heavy atom. The maximum Gasteiger partial charge on any atom is 0.0592 e. The largest absolute Gasteiger partial charge is 0.395 e. The zero-order chi connectivity index (χ0) is 11.0. The van der Waals surface area contributed by atoms with Gasteiger partial charge in [0.15, 0.2) is 0 Å². The van der Waals surface area contributed by atoms with E-state index in [4.69, 9.17) is 5.11 Å². The molecular formula is C11H25NOS. The van der Waals surface area contributed by atoms with Gasteiger partial charge in [-0.05, 0) is 11.7 Å². The van der Waals surface area contributed by atoms with Gasteiger partial charge >= 0.3 is 0 Å². The fourth-order valence-electron chi connectivity index (χ4n) is 1.15. The summed E-state index contributed by atoms with van der Waals surface area (Å²) < 4.78 is 0. The van der Waals surface area contributed by atoms with Crippen molar-refractivity contribution >= 4 is 11.8 Å². The summed E-state index contributed by atoms with van der Waals surface area (Å²) in [6.45, 7) is 8.97. The molecule has 0 aromatic heterocycles. The van der Waals surface area contributed by atoms with Crippen LogP contribution in [0, 0.1) is 5.92 Å². The lowest BCUT2D eigenvalue weighted by Crippen LogP contribution is -2.39. The van der Waals surface area contributed by atoms with Crippen molar-refractivity contribution in [3.63, 3.8) is 0 Å². The lowest BCUT2D eigenvalue weighted by molar-refractivity contribution is 0.247. The molecule has 0 spiro atoms. The summed E-state index contributed by atoms with van der Waals surface area (Å²) in [6, 6.07) is 0.709. The van der Waals surface area contributed by atoms with Gasteiger partial charge in [-0.1, -0.05) is 34.1 Å². The van der Waals surface area contributed by atoms with Crippen LogP contribution in [0.15, 0.2) is 0 Å². The third-order valence-electron chi connectivity index (χ3n) is 2.21. The maximum absolute atomic E-state index is 9.12. The molecule has 0 heterocycles. The Bertz CT molecular complexity index is 130. The van der Waals surface area contributed by atoms with Crippen LogP contribution in [0.5, 0.6) is 0 Å². The van der Waals surface area contributed by atoms with E-state index in [1.807, 2.05) is 11.8 Å². The molecule has 0 aliphatic rings. The van der Waals surface area contributed by atoms with Crippen LogP contribution in [0.2, 0.25) is 0 Å². The summed E-state index contributed by atoms with van der Waals surface area (Å²) in [5, 5.41) is 12.5. The highest BCUT2D eigenvalue weighted by atomic mass is 32.2. The summed E-state index contributed by atoms with van der Waals surface area (Å²) in [5.74, 6) is 3.00. The van der Waals surface area contributed by atoms with E-state index in [9.17, 15) is 0 Å². The van der Waals surface area contributed by atoms with Gasteiger partial charge in [0.1, 0.15) is 0 Å². The highest BCUT2D eigenvalue weighted by Crippen LogP contribution is 2.12. The molecule has 0 rings (SSSR count). The van der Waals surface area contributed by atoms with Crippen molar-refractivity contribution < 1.29 is 5.11 Å². The first kappa shape index (κ1) is 14.3. The molecule has 0 aliphatic carbocycles. The second kappa shape index (κ2) is 8.57. The minimum atomic E-state index is 0.242. The molecule has 0 bridgehead atoms. The molecule has 0 radical (unpaired) electrons. The normalized spacial score (nSPS) is 15.9. The topological polar surface area (TPSA) is 32.3 Å². The van der Waals surface area contributed by atoms with E-state index in [-0.39, 0.29) is 12.6 Å². The minimum Gasteiger partial charge on any atom is -0.395 e. The molecule has 0 saturated carbocycles. The van der Waals surface area contributed by atoms with Crippen LogP contribution in [0.3, 0.4) is 0 Å². The van der Waals surface area contributed by atoms with E-state index >= 15 is 0 Å². The van der Waals surface area contributed by atoms with Crippen LogP contribution in [0.1, 0.15) is 34.1 Å². The number of hydrogen-bond acceptors (Lipinski definition) is 3. The lowest BCUT2D eigenvalue weighted by Gasteiger charge is -2.19. The van der Waals surface area contributed by atoms with Gasteiger partial charge in [-0.3, -0.25) is 0 Å². The van der Waals surface area contributed by atoms with Crippen molar-refractivity contribution in [2.45, 2.75) is 46.2 Å². The molecule has 2 N–H and O–H groups in total. The number of aliphatic hydroxyl groups excluding tert-OH is 1. The molecule has 86 valence electrons. The van der Waals surface area contributed by atoms with Gasteiger partial charge in [-0.25, -0.2) is 0 Å². The first-order valence-corrected chi connectivity index (χ1v) is 6.70. The van der Waals surface area contributed by atoms with Crippen LogP contribution in [0.25, 0.3) is 0 Å². The molecule has 2 atom stereocenters. The second-order valence-corrected chi connectivity index (χ2v) is 5.33. The molecule has 0 aromatic rings. The standard InChI is InChI=1S/C11H25NOS/c1-5-10(4)7-14-8-11(6-13)12-9(2)3/h9-13H,5-8H2,1-4H3. The number of aliphatic hydroxyl groups is 1. The number of thioether (sulfide) groups is 1. The molecule has 2 unspecified atom stereocenters. The molecule has 0 saturated heterocycles. The van der Waals surface area contributed by atoms with Crippen molar-refractivity contribution in [2.75, 3.05) is 18.1 Å². The van der Waals surface area contributed by atoms with Crippen molar-refractivity contribution in [1.29, 1.82) is 0 Å². The third kappa shape index (κ3) is 7.65. The summed E-state index contributed by atoms with van der Waals surface area (Å²) in [4.78, 5) is 0. The predicted molar refractivity (Wildman–Crippen MR) is 65.9 cm³/mol. The van der Waals surface area contributed by atoms with E-state index in [0.717, 1.165) is 11.7 Å². The second-order valence-electron chi connectivity index (χ2n) is 4.25. The lowest BCUT2D eigenvalue weighted by atomic mass is 10.2. The van der Waals surface area contributed by atoms with Crippen LogP contribution >= 0.6 is 11.8 Å². The summed E-state index contributed by atoms with van der Waals surface area (Å²) >= 11 is 1.94. The molecule has 0 fully saturated rings. The molecule has 0 amide bonds. The molecule has 0 aliphatic heterocycles. The Hall–Kier alpha value is 0.270. The number of hydrogen-bond donors (Lipinski definition) is 2. The first-order chi connectivity index (χ1) is 6.60. The van der Waals surface area contributed by atoms with E-state index < -0.39 is 0 Å². The van der Waals surface area contributed by atoms with Gasteiger partial charge in [0.25, 0.3) is 0 Å². The highest BCUT2D eigenvalue weighted by molar-refractivity contribution is 7.99. The Kier molecular flexibility index (Phi) is 8.73. The van der Waals surface area contributed by atoms with E-state index in [1.54, 1.807) is 0 Å². The van der Waals surface area contributed by atoms with E-state index in [2.05, 4.69) is 33.0 Å². The Morgan fingerprint density at radius 3 is 2.29 bits per heavy atom. The van der Waals surface area contributed by atoms with Crippen LogP contribution < -0.4 is 5.32 Å². The van der Waals surface area contributed by atoms with Crippen LogP contribution in [-0.2, 0) is 0 Å². The van der Waals surface area contributed by atoms with Crippen molar-refractivity contribution in [1.82, 2.24) is 5.32 Å². The summed E-state index contributed by atoms with van der Waals surface area (Å²) in [7, 11) is 0. The van der Waals surface area contributed by atoms with Crippen LogP contribution in [-0.4, -0.2) is 35.3 Å². The average molecular weight is 219 g/mol. The van der Waals surface area contributed by atoms with Gasteiger partial charge in [0.05, 0.1) is 6.61 Å². The molecular weight excluding hydrogens is 194 g/mol. The predicted octanol–water partition coefficient (Wildman–Crippen LogP) is 2.12. The van der Waals surface area contributed by atoms with Gasteiger partial charge < -0.3 is 10.4 Å². The van der Waals surface area contributed by atoms with E-state index in [1.165, 1.54) is 12.2 Å². The van der Waals surface area contributed by atoms with Crippen molar-refractivity contribution in [3.05, 3.63) is 0 Å². The zero-order valence-corrected chi connectivity index (χ0v) is 10.7. The molecule has 0 aromatic carbocycles. The highest BCUT2D eigenvalue weighted by Gasteiger charge is 2.09. The Labute approximate surface area is 92.9 Å². The number of nitrogens with one attached hydrogen (secondary N) is 1. The summed E-state index contributed by atoms with van der Waals surface area (Å²) in [5.41, 5.74) is 0. The van der Waals surface area contributed by atoms with Gasteiger partial charge in [-0.2, -0.15) is 11.8 Å². The minimum absolute atomic E-state index is 0.242. The first-order valence-electron chi connectivity index (χ1n) is 5.54.